The molecular weight excluding hydrogens is 1040 g/mol. The first-order chi connectivity index (χ1) is 40.0. The van der Waals surface area contributed by atoms with Gasteiger partial charge in [0.15, 0.2) is 6.10 Å². The first-order valence-electron chi connectivity index (χ1n) is 33.6. The van der Waals surface area contributed by atoms with Gasteiger partial charge in [-0.15, -0.1) is 0 Å². The summed E-state index contributed by atoms with van der Waals surface area (Å²) in [6.45, 7) is 4.11. The van der Waals surface area contributed by atoms with E-state index in [-0.39, 0.29) is 26.1 Å². The third-order valence-electron chi connectivity index (χ3n) is 14.3. The third-order valence-corrected chi connectivity index (χ3v) is 15.3. The van der Waals surface area contributed by atoms with Crippen LogP contribution in [0.15, 0.2) is 109 Å². The van der Waals surface area contributed by atoms with E-state index in [0.29, 0.717) is 17.4 Å². The van der Waals surface area contributed by atoms with Crippen molar-refractivity contribution in [2.45, 2.75) is 290 Å². The van der Waals surface area contributed by atoms with Gasteiger partial charge in [0.05, 0.1) is 27.7 Å². The van der Waals surface area contributed by atoms with Gasteiger partial charge in [-0.25, -0.2) is 0 Å². The number of hydrogen-bond donors (Lipinski definition) is 0. The zero-order chi connectivity index (χ0) is 59.8. The Balaban J connectivity index is 4.17. The number of likely N-dealkylation sites (N-methyl/N-ethyl adjacent to an activating group) is 1. The summed E-state index contributed by atoms with van der Waals surface area (Å²) in [4.78, 5) is 38.0. The predicted octanol–water partition coefficient (Wildman–Crippen LogP) is 21.1. The van der Waals surface area contributed by atoms with Crippen LogP contribution in [0.5, 0.6) is 0 Å². The van der Waals surface area contributed by atoms with E-state index in [1.165, 1.54) is 154 Å². The average molecular weight is 1160 g/mol. The fraction of sp³-hybridized carbons (Fsp3) is 0.722. The molecule has 0 bridgehead atoms. The van der Waals surface area contributed by atoms with Crippen molar-refractivity contribution < 1.29 is 42.1 Å². The molecule has 0 fully saturated rings. The van der Waals surface area contributed by atoms with E-state index in [9.17, 15) is 19.0 Å². The van der Waals surface area contributed by atoms with E-state index in [4.69, 9.17) is 18.5 Å². The summed E-state index contributed by atoms with van der Waals surface area (Å²) < 4.78 is 34.2. The summed E-state index contributed by atoms with van der Waals surface area (Å²) in [5.41, 5.74) is 0. The number of carbonyl (C=O) groups is 2. The van der Waals surface area contributed by atoms with Crippen LogP contribution in [0.2, 0.25) is 0 Å². The number of allylic oxidation sites excluding steroid dienone is 18. The lowest BCUT2D eigenvalue weighted by molar-refractivity contribution is -0.870. The largest absolute Gasteiger partial charge is 0.756 e. The molecule has 0 aliphatic heterocycles. The van der Waals surface area contributed by atoms with E-state index in [1.54, 1.807) is 0 Å². The summed E-state index contributed by atoms with van der Waals surface area (Å²) in [5, 5.41) is 0. The third kappa shape index (κ3) is 65.8. The van der Waals surface area contributed by atoms with Gasteiger partial charge in [-0.05, 0) is 83.5 Å². The van der Waals surface area contributed by atoms with Crippen molar-refractivity contribution in [3.8, 4) is 0 Å². The van der Waals surface area contributed by atoms with Gasteiger partial charge in [-0.1, -0.05) is 297 Å². The molecule has 2 atom stereocenters. The summed E-state index contributed by atoms with van der Waals surface area (Å²) in [6.07, 6.45) is 87.4. The summed E-state index contributed by atoms with van der Waals surface area (Å²) >= 11 is 0. The molecule has 0 amide bonds. The first-order valence-corrected chi connectivity index (χ1v) is 35.1. The zero-order valence-electron chi connectivity index (χ0n) is 53.7. The number of carbonyl (C=O) groups excluding carboxylic acids is 2. The number of phosphoric acid groups is 1. The van der Waals surface area contributed by atoms with Crippen LogP contribution in [0, 0.1) is 0 Å². The van der Waals surface area contributed by atoms with Crippen molar-refractivity contribution >= 4 is 19.8 Å². The number of quaternary nitrogens is 1. The molecule has 472 valence electrons. The smallest absolute Gasteiger partial charge is 0.306 e. The lowest BCUT2D eigenvalue weighted by atomic mass is 10.0. The van der Waals surface area contributed by atoms with Crippen molar-refractivity contribution in [3.63, 3.8) is 0 Å². The fourth-order valence-corrected chi connectivity index (χ4v) is 9.91. The number of ether oxygens (including phenoxy) is 2. The molecule has 0 rings (SSSR count). The molecule has 0 radical (unpaired) electrons. The quantitative estimate of drug-likeness (QED) is 0.0195. The van der Waals surface area contributed by atoms with Crippen LogP contribution in [-0.2, 0) is 32.7 Å². The minimum atomic E-state index is -4.66. The summed E-state index contributed by atoms with van der Waals surface area (Å²) in [5.74, 6) is -0.868. The van der Waals surface area contributed by atoms with E-state index in [2.05, 4.69) is 123 Å². The molecule has 0 aromatic carbocycles. The van der Waals surface area contributed by atoms with Gasteiger partial charge in [-0.2, -0.15) is 0 Å². The van der Waals surface area contributed by atoms with E-state index >= 15 is 0 Å². The van der Waals surface area contributed by atoms with Gasteiger partial charge < -0.3 is 27.9 Å². The Morgan fingerprint density at radius 3 is 1.04 bits per heavy atom. The highest BCUT2D eigenvalue weighted by atomic mass is 31.2. The van der Waals surface area contributed by atoms with Crippen molar-refractivity contribution in [1.29, 1.82) is 0 Å². The molecule has 0 aromatic rings. The second-order valence-corrected chi connectivity index (χ2v) is 24.9. The van der Waals surface area contributed by atoms with Gasteiger partial charge in [0.25, 0.3) is 7.82 Å². The van der Waals surface area contributed by atoms with E-state index in [0.717, 1.165) is 96.3 Å². The van der Waals surface area contributed by atoms with Crippen LogP contribution in [0.25, 0.3) is 0 Å². The topological polar surface area (TPSA) is 111 Å². The molecular formula is C72H126NO8P. The van der Waals surface area contributed by atoms with Crippen LogP contribution in [0.1, 0.15) is 284 Å². The predicted molar refractivity (Wildman–Crippen MR) is 351 cm³/mol. The molecule has 0 saturated heterocycles. The molecule has 9 nitrogen and oxygen atoms in total. The number of nitrogens with zero attached hydrogens (tertiary/aromatic N) is 1. The van der Waals surface area contributed by atoms with Crippen LogP contribution >= 0.6 is 7.82 Å². The Bertz CT molecular complexity index is 1750. The van der Waals surface area contributed by atoms with Gasteiger partial charge in [0.2, 0.25) is 0 Å². The Labute approximate surface area is 506 Å². The van der Waals surface area contributed by atoms with Gasteiger partial charge >= 0.3 is 11.9 Å². The summed E-state index contributed by atoms with van der Waals surface area (Å²) in [6, 6.07) is 0. The monoisotopic (exact) mass is 1160 g/mol. The molecule has 0 aromatic heterocycles. The Kier molecular flexibility index (Phi) is 59.7. The van der Waals surface area contributed by atoms with Gasteiger partial charge in [-0.3, -0.25) is 14.2 Å². The number of esters is 2. The molecule has 0 N–H and O–H groups in total. The molecule has 0 aliphatic rings. The van der Waals surface area contributed by atoms with Crippen molar-refractivity contribution in [3.05, 3.63) is 109 Å². The maximum absolute atomic E-state index is 12.8. The first kappa shape index (κ1) is 78.7. The molecule has 0 saturated carbocycles. The Hall–Kier alpha value is -3.33. The van der Waals surface area contributed by atoms with Crippen molar-refractivity contribution in [1.82, 2.24) is 0 Å². The minimum Gasteiger partial charge on any atom is -0.756 e. The maximum Gasteiger partial charge on any atom is 0.306 e. The highest BCUT2D eigenvalue weighted by Gasteiger charge is 2.22. The highest BCUT2D eigenvalue weighted by molar-refractivity contribution is 7.45. The molecule has 2 unspecified atom stereocenters. The standard InChI is InChI=1S/C72H126NO8P/c1-6-8-10-12-14-16-18-20-22-24-26-28-30-32-34-35-36-37-39-41-43-45-47-49-51-53-55-57-59-61-63-65-72(75)81-70(69-80-82(76,77)79-67-66-73(3,4)5)68-78-71(74)64-62-60-58-56-54-52-50-48-46-44-42-40-38-33-31-29-27-25-23-21-19-17-15-13-11-9-7-2/h8,10,14,16,20,22,26,28,32,34,36-37,41,43,47,49,53,55,70H,6-7,9,11-13,15,17-19,21,23-25,27,29-31,33,35,38-40,42,44-46,48,50-52,54,56-69H2,1-5H3/b10-8-,16-14-,22-20-,28-26-,34-32-,37-36-,43-41-,49-47-,55-53-. The van der Waals surface area contributed by atoms with Crippen LogP contribution in [-0.4, -0.2) is 70.0 Å². The van der Waals surface area contributed by atoms with Crippen LogP contribution in [0.4, 0.5) is 0 Å². The number of phosphoric ester groups is 1. The number of rotatable bonds is 61. The minimum absolute atomic E-state index is 0.0420. The second-order valence-electron chi connectivity index (χ2n) is 23.5. The SMILES string of the molecule is CC/C=C\C/C=C\C/C=C\C/C=C\C/C=C\C/C=C\C/C=C\C/C=C\C/C=C\CCCCCC(=O)OC(COC(=O)CCCCCCCCCCCCCCCCCCCCCCCCCCCCC)COP(=O)([O-])OCC[N+](C)(C)C. The fourth-order valence-electron chi connectivity index (χ4n) is 9.18. The Morgan fingerprint density at radius 2 is 0.695 bits per heavy atom. The number of unbranched alkanes of at least 4 members (excludes halogenated alkanes) is 29. The van der Waals surface area contributed by atoms with Crippen LogP contribution < -0.4 is 4.89 Å². The van der Waals surface area contributed by atoms with Crippen LogP contribution in [0.3, 0.4) is 0 Å². The lowest BCUT2D eigenvalue weighted by Gasteiger charge is -2.28. The van der Waals surface area contributed by atoms with E-state index in [1.807, 2.05) is 21.1 Å². The number of hydrogen-bond acceptors (Lipinski definition) is 8. The second kappa shape index (κ2) is 62.2. The molecule has 0 spiro atoms. The lowest BCUT2D eigenvalue weighted by Crippen LogP contribution is -2.37. The molecule has 10 heteroatoms. The maximum atomic E-state index is 12.8. The average Bonchev–Trinajstić information content (AvgIpc) is 3.46. The molecule has 0 heterocycles. The summed E-state index contributed by atoms with van der Waals surface area (Å²) in [7, 11) is 1.14. The van der Waals surface area contributed by atoms with Gasteiger partial charge in [0, 0.05) is 12.8 Å². The molecule has 82 heavy (non-hydrogen) atoms. The van der Waals surface area contributed by atoms with Crippen molar-refractivity contribution in [2.75, 3.05) is 47.5 Å². The van der Waals surface area contributed by atoms with E-state index < -0.39 is 32.5 Å². The normalized spacial score (nSPS) is 13.9. The zero-order valence-corrected chi connectivity index (χ0v) is 54.6. The van der Waals surface area contributed by atoms with Gasteiger partial charge in [0.1, 0.15) is 19.8 Å². The molecule has 0 aliphatic carbocycles. The van der Waals surface area contributed by atoms with Crippen molar-refractivity contribution in [2.24, 2.45) is 0 Å². The Morgan fingerprint density at radius 1 is 0.390 bits per heavy atom. The highest BCUT2D eigenvalue weighted by Crippen LogP contribution is 2.38.